The molecule has 8 nitrogen and oxygen atoms in total. The molecule has 2 aromatic carbocycles. The lowest BCUT2D eigenvalue weighted by atomic mass is 10.1. The van der Waals surface area contributed by atoms with Crippen molar-refractivity contribution in [3.05, 3.63) is 48.0 Å². The van der Waals surface area contributed by atoms with Crippen molar-refractivity contribution in [2.45, 2.75) is 20.1 Å². The topological polar surface area (TPSA) is 86.3 Å². The molecular formula is C23H22F4N2O6. The molecule has 0 unspecified atom stereocenters. The molecule has 0 aromatic heterocycles. The summed E-state index contributed by atoms with van der Waals surface area (Å²) in [5.74, 6) is -0.839. The molecule has 0 fully saturated rings. The van der Waals surface area contributed by atoms with Crippen LogP contribution < -0.4 is 24.3 Å². The van der Waals surface area contributed by atoms with Crippen LogP contribution in [-0.2, 0) is 9.59 Å². The Morgan fingerprint density at radius 1 is 1.03 bits per heavy atom. The molecule has 3 rings (SSSR count). The molecule has 1 heterocycles. The van der Waals surface area contributed by atoms with E-state index in [1.165, 1.54) is 17.0 Å². The van der Waals surface area contributed by atoms with Gasteiger partial charge in [0.15, 0.2) is 11.5 Å². The van der Waals surface area contributed by atoms with Crippen molar-refractivity contribution in [2.24, 2.45) is 0 Å². The molecule has 2 aromatic rings. The molecule has 0 radical (unpaired) electrons. The van der Waals surface area contributed by atoms with Crippen molar-refractivity contribution >= 4 is 23.6 Å². The smallest absolute Gasteiger partial charge is 0.387 e. The molecular weight excluding hydrogens is 476 g/mol. The SMILES string of the molecule is CCN(CC(=O)Nc1ccc2c(c1)OCCO2)C(=O)/C=C/c1ccc(OC(F)F)cc1OC(F)F. The zero-order chi connectivity index (χ0) is 25.4. The molecule has 1 aliphatic heterocycles. The van der Waals surface area contributed by atoms with Crippen LogP contribution in [0, 0.1) is 0 Å². The molecule has 188 valence electrons. The Morgan fingerprint density at radius 2 is 1.74 bits per heavy atom. The van der Waals surface area contributed by atoms with Crippen LogP contribution in [0.2, 0.25) is 0 Å². The average Bonchev–Trinajstić information content (AvgIpc) is 2.81. The lowest BCUT2D eigenvalue weighted by Gasteiger charge is -2.20. The first-order chi connectivity index (χ1) is 16.7. The number of halogens is 4. The van der Waals surface area contributed by atoms with Crippen LogP contribution in [0.15, 0.2) is 42.5 Å². The van der Waals surface area contributed by atoms with Crippen molar-refractivity contribution in [2.75, 3.05) is 31.6 Å². The van der Waals surface area contributed by atoms with Crippen molar-refractivity contribution in [1.29, 1.82) is 0 Å². The third-order valence-corrected chi connectivity index (χ3v) is 4.69. The number of amides is 2. The van der Waals surface area contributed by atoms with Gasteiger partial charge in [0, 0.05) is 36.0 Å². The summed E-state index contributed by atoms with van der Waals surface area (Å²) in [6.45, 7) is -4.00. The van der Waals surface area contributed by atoms with Gasteiger partial charge >= 0.3 is 13.2 Å². The minimum atomic E-state index is -3.23. The number of alkyl halides is 4. The van der Waals surface area contributed by atoms with E-state index in [2.05, 4.69) is 14.8 Å². The Kier molecular flexibility index (Phi) is 8.76. The maximum atomic E-state index is 12.7. The van der Waals surface area contributed by atoms with Crippen LogP contribution in [0.1, 0.15) is 12.5 Å². The lowest BCUT2D eigenvalue weighted by Crippen LogP contribution is -2.36. The predicted octanol–water partition coefficient (Wildman–Crippen LogP) is 4.16. The fraction of sp³-hybridized carbons (Fsp3) is 0.304. The zero-order valence-electron chi connectivity index (χ0n) is 18.5. The van der Waals surface area contributed by atoms with Crippen molar-refractivity contribution in [1.82, 2.24) is 4.90 Å². The fourth-order valence-corrected chi connectivity index (χ4v) is 3.13. The highest BCUT2D eigenvalue weighted by molar-refractivity contribution is 5.98. The summed E-state index contributed by atoms with van der Waals surface area (Å²) >= 11 is 0. The third kappa shape index (κ3) is 7.52. The maximum absolute atomic E-state index is 12.7. The standard InChI is InChI=1S/C23H22F4N2O6/c1-2-29(13-20(30)28-15-5-7-17-19(11-15)33-10-9-32-17)21(31)8-4-14-3-6-16(34-22(24)25)12-18(14)35-23(26)27/h3-8,11-12,22-23H,2,9-10,13H2,1H3,(H,28,30)/b8-4+. The molecule has 35 heavy (non-hydrogen) atoms. The molecule has 12 heteroatoms. The Labute approximate surface area is 198 Å². The van der Waals surface area contributed by atoms with Gasteiger partial charge in [0.1, 0.15) is 31.3 Å². The number of ether oxygens (including phenoxy) is 4. The first-order valence-electron chi connectivity index (χ1n) is 10.4. The van der Waals surface area contributed by atoms with E-state index in [0.717, 1.165) is 18.2 Å². The number of anilines is 1. The number of nitrogens with one attached hydrogen (secondary N) is 1. The van der Waals surface area contributed by atoms with Gasteiger partial charge in [-0.3, -0.25) is 9.59 Å². The van der Waals surface area contributed by atoms with E-state index < -0.39 is 30.8 Å². The van der Waals surface area contributed by atoms with E-state index >= 15 is 0 Å². The van der Waals surface area contributed by atoms with Gasteiger partial charge in [0.25, 0.3) is 0 Å². The molecule has 0 spiro atoms. The quantitative estimate of drug-likeness (QED) is 0.391. The van der Waals surface area contributed by atoms with Crippen LogP contribution in [-0.4, -0.2) is 56.2 Å². The average molecular weight is 498 g/mol. The molecule has 1 N–H and O–H groups in total. The summed E-state index contributed by atoms with van der Waals surface area (Å²) in [6.07, 6.45) is 2.23. The summed E-state index contributed by atoms with van der Waals surface area (Å²) in [4.78, 5) is 26.2. The van der Waals surface area contributed by atoms with Gasteiger partial charge in [0.2, 0.25) is 11.8 Å². The van der Waals surface area contributed by atoms with Crippen LogP contribution in [0.3, 0.4) is 0 Å². The van der Waals surface area contributed by atoms with Crippen molar-refractivity contribution in [3.8, 4) is 23.0 Å². The highest BCUT2D eigenvalue weighted by Crippen LogP contribution is 2.32. The minimum absolute atomic E-state index is 0.0250. The summed E-state index contributed by atoms with van der Waals surface area (Å²) in [5.41, 5.74) is 0.482. The molecule has 0 atom stereocenters. The number of fused-ring (bicyclic) bond motifs is 1. The van der Waals surface area contributed by atoms with E-state index in [9.17, 15) is 27.2 Å². The normalized spacial score (nSPS) is 12.7. The van der Waals surface area contributed by atoms with Gasteiger partial charge in [0.05, 0.1) is 0 Å². The molecule has 0 bridgehead atoms. The largest absolute Gasteiger partial charge is 0.486 e. The number of carbonyl (C=O) groups is 2. The second-order valence-corrected chi connectivity index (χ2v) is 7.05. The van der Waals surface area contributed by atoms with Gasteiger partial charge in [-0.05, 0) is 37.3 Å². The second kappa shape index (κ2) is 12.0. The number of hydrogen-bond acceptors (Lipinski definition) is 6. The lowest BCUT2D eigenvalue weighted by molar-refractivity contribution is -0.130. The Bertz CT molecular complexity index is 1080. The Hall–Kier alpha value is -3.96. The molecule has 0 aliphatic carbocycles. The number of carbonyl (C=O) groups excluding carboxylic acids is 2. The molecule has 0 saturated heterocycles. The number of benzene rings is 2. The van der Waals surface area contributed by atoms with Gasteiger partial charge in [-0.2, -0.15) is 17.6 Å². The van der Waals surface area contributed by atoms with Gasteiger partial charge < -0.3 is 29.2 Å². The Morgan fingerprint density at radius 3 is 2.43 bits per heavy atom. The van der Waals surface area contributed by atoms with Gasteiger partial charge in [-0.25, -0.2) is 0 Å². The Balaban J connectivity index is 1.65. The van der Waals surface area contributed by atoms with Crippen molar-refractivity contribution < 1.29 is 46.1 Å². The summed E-state index contributed by atoms with van der Waals surface area (Å²) in [6, 6.07) is 8.07. The number of nitrogens with zero attached hydrogens (tertiary/aromatic N) is 1. The summed E-state index contributed by atoms with van der Waals surface area (Å²) in [5, 5.41) is 2.67. The third-order valence-electron chi connectivity index (χ3n) is 4.69. The monoisotopic (exact) mass is 498 g/mol. The van der Waals surface area contributed by atoms with E-state index in [0.29, 0.717) is 30.4 Å². The van der Waals surface area contributed by atoms with E-state index in [4.69, 9.17) is 9.47 Å². The van der Waals surface area contributed by atoms with E-state index in [1.807, 2.05) is 0 Å². The minimum Gasteiger partial charge on any atom is -0.486 e. The highest BCUT2D eigenvalue weighted by atomic mass is 19.3. The molecule has 0 saturated carbocycles. The van der Waals surface area contributed by atoms with E-state index in [1.54, 1.807) is 25.1 Å². The van der Waals surface area contributed by atoms with Crippen LogP contribution in [0.25, 0.3) is 6.08 Å². The van der Waals surface area contributed by atoms with E-state index in [-0.39, 0.29) is 24.4 Å². The summed E-state index contributed by atoms with van der Waals surface area (Å²) in [7, 11) is 0. The van der Waals surface area contributed by atoms with Gasteiger partial charge in [-0.15, -0.1) is 0 Å². The second-order valence-electron chi connectivity index (χ2n) is 7.05. The molecule has 1 aliphatic rings. The van der Waals surface area contributed by atoms with Crippen LogP contribution in [0.5, 0.6) is 23.0 Å². The van der Waals surface area contributed by atoms with Crippen molar-refractivity contribution in [3.63, 3.8) is 0 Å². The number of hydrogen-bond donors (Lipinski definition) is 1. The fourth-order valence-electron chi connectivity index (χ4n) is 3.13. The van der Waals surface area contributed by atoms with Gasteiger partial charge in [-0.1, -0.05) is 0 Å². The first-order valence-corrected chi connectivity index (χ1v) is 10.4. The number of likely N-dealkylation sites (N-methyl/N-ethyl adjacent to an activating group) is 1. The first kappa shape index (κ1) is 25.7. The highest BCUT2D eigenvalue weighted by Gasteiger charge is 2.17. The maximum Gasteiger partial charge on any atom is 0.387 e. The predicted molar refractivity (Wildman–Crippen MR) is 117 cm³/mol. The number of rotatable bonds is 10. The van der Waals surface area contributed by atoms with Crippen LogP contribution in [0.4, 0.5) is 23.2 Å². The summed E-state index contributed by atoms with van der Waals surface area (Å²) < 4.78 is 69.6. The van der Waals surface area contributed by atoms with Crippen LogP contribution >= 0.6 is 0 Å². The zero-order valence-corrected chi connectivity index (χ0v) is 18.5. The molecule has 2 amide bonds.